The van der Waals surface area contributed by atoms with Crippen LogP contribution in [-0.4, -0.2) is 23.5 Å². The fourth-order valence-electron chi connectivity index (χ4n) is 1.13. The molecule has 2 aromatic heterocycles. The minimum atomic E-state index is -3.77. The van der Waals surface area contributed by atoms with Gasteiger partial charge in [0.05, 0.1) is 12.2 Å². The van der Waals surface area contributed by atoms with E-state index >= 15 is 0 Å². The summed E-state index contributed by atoms with van der Waals surface area (Å²) in [5.41, 5.74) is 5.60. The zero-order valence-electron chi connectivity index (χ0n) is 8.57. The number of nitrogens with zero attached hydrogens (tertiary/aromatic N) is 3. The summed E-state index contributed by atoms with van der Waals surface area (Å²) in [6.07, 6.45) is 2.46. The number of nitrogens with two attached hydrogens (primary N) is 1. The Bertz CT molecular complexity index is 595. The molecule has 9 heteroatoms. The second kappa shape index (κ2) is 4.47. The minimum absolute atomic E-state index is 0.0770. The third-order valence-electron chi connectivity index (χ3n) is 1.88. The van der Waals surface area contributed by atoms with Crippen molar-refractivity contribution in [2.45, 2.75) is 11.6 Å². The second-order valence-electron chi connectivity index (χ2n) is 3.07. The lowest BCUT2D eigenvalue weighted by Crippen LogP contribution is -2.25. The van der Waals surface area contributed by atoms with Crippen molar-refractivity contribution in [1.82, 2.24) is 19.8 Å². The van der Waals surface area contributed by atoms with Crippen LogP contribution in [0.1, 0.15) is 5.82 Å². The van der Waals surface area contributed by atoms with Crippen molar-refractivity contribution in [1.29, 1.82) is 0 Å². The van der Waals surface area contributed by atoms with Gasteiger partial charge in [0.25, 0.3) is 10.0 Å². The molecule has 0 saturated carbocycles. The number of pyridine rings is 1. The zero-order valence-corrected chi connectivity index (χ0v) is 9.38. The standard InChI is InChI=1S/C8H9N5O3S/c9-6-2-1-3-10-8(6)17(14,15)12-4-7-11-5-16-13-7/h1-3,5,12H,4,9H2. The van der Waals surface area contributed by atoms with E-state index in [-0.39, 0.29) is 23.1 Å². The zero-order chi connectivity index (χ0) is 12.3. The molecule has 17 heavy (non-hydrogen) atoms. The summed E-state index contributed by atoms with van der Waals surface area (Å²) in [4.78, 5) is 7.39. The van der Waals surface area contributed by atoms with E-state index in [4.69, 9.17) is 5.73 Å². The van der Waals surface area contributed by atoms with Crippen LogP contribution in [0.4, 0.5) is 5.69 Å². The average molecular weight is 255 g/mol. The van der Waals surface area contributed by atoms with Gasteiger partial charge in [-0.3, -0.25) is 0 Å². The van der Waals surface area contributed by atoms with Crippen LogP contribution in [0.2, 0.25) is 0 Å². The first kappa shape index (κ1) is 11.5. The van der Waals surface area contributed by atoms with Gasteiger partial charge in [-0.25, -0.2) is 18.1 Å². The summed E-state index contributed by atoms with van der Waals surface area (Å²) in [5, 5.41) is 3.25. The molecule has 0 aromatic carbocycles. The van der Waals surface area contributed by atoms with Crippen LogP contribution in [0, 0.1) is 0 Å². The lowest BCUT2D eigenvalue weighted by molar-refractivity contribution is 0.409. The molecular weight excluding hydrogens is 246 g/mol. The van der Waals surface area contributed by atoms with Crippen molar-refractivity contribution in [3.8, 4) is 0 Å². The number of hydrogen-bond acceptors (Lipinski definition) is 7. The van der Waals surface area contributed by atoms with E-state index in [1.54, 1.807) is 6.07 Å². The summed E-state index contributed by atoms with van der Waals surface area (Å²) in [7, 11) is -3.77. The highest BCUT2D eigenvalue weighted by Crippen LogP contribution is 2.13. The van der Waals surface area contributed by atoms with E-state index in [2.05, 4.69) is 24.4 Å². The largest absolute Gasteiger partial charge is 0.396 e. The number of aromatic nitrogens is 3. The Morgan fingerprint density at radius 1 is 1.41 bits per heavy atom. The van der Waals surface area contributed by atoms with Gasteiger partial charge in [0.2, 0.25) is 6.39 Å². The molecule has 0 aliphatic carbocycles. The van der Waals surface area contributed by atoms with Crippen molar-refractivity contribution < 1.29 is 12.9 Å². The molecule has 90 valence electrons. The highest BCUT2D eigenvalue weighted by molar-refractivity contribution is 7.89. The monoisotopic (exact) mass is 255 g/mol. The van der Waals surface area contributed by atoms with Gasteiger partial charge in [-0.05, 0) is 12.1 Å². The molecule has 2 heterocycles. The van der Waals surface area contributed by atoms with E-state index in [0.717, 1.165) is 6.39 Å². The lowest BCUT2D eigenvalue weighted by atomic mass is 10.4. The molecule has 2 aromatic rings. The SMILES string of the molecule is Nc1cccnc1S(=O)(=O)NCc1ncon1. The highest BCUT2D eigenvalue weighted by Gasteiger charge is 2.19. The van der Waals surface area contributed by atoms with Crippen LogP contribution in [-0.2, 0) is 16.6 Å². The summed E-state index contributed by atoms with van der Waals surface area (Å²) < 4.78 is 30.4. The van der Waals surface area contributed by atoms with Crippen LogP contribution in [0.15, 0.2) is 34.3 Å². The number of anilines is 1. The maximum atomic E-state index is 11.8. The normalized spacial score (nSPS) is 11.5. The smallest absolute Gasteiger partial charge is 0.260 e. The van der Waals surface area contributed by atoms with E-state index in [1.807, 2.05) is 0 Å². The molecule has 0 radical (unpaired) electrons. The van der Waals surface area contributed by atoms with Gasteiger partial charge >= 0.3 is 0 Å². The molecule has 3 N–H and O–H groups in total. The van der Waals surface area contributed by atoms with E-state index in [9.17, 15) is 8.42 Å². The first-order chi connectivity index (χ1) is 8.09. The first-order valence-corrected chi connectivity index (χ1v) is 6.03. The van der Waals surface area contributed by atoms with Gasteiger partial charge in [0, 0.05) is 6.20 Å². The minimum Gasteiger partial charge on any atom is -0.396 e. The number of nitrogen functional groups attached to an aromatic ring is 1. The maximum absolute atomic E-state index is 11.8. The molecular formula is C8H9N5O3S. The molecule has 2 rings (SSSR count). The quantitative estimate of drug-likeness (QED) is 0.756. The summed E-state index contributed by atoms with van der Waals surface area (Å²) in [6.45, 7) is -0.0884. The fourth-order valence-corrected chi connectivity index (χ4v) is 2.16. The molecule has 0 atom stereocenters. The molecule has 8 nitrogen and oxygen atoms in total. The molecule has 0 bridgehead atoms. The van der Waals surface area contributed by atoms with Crippen LogP contribution < -0.4 is 10.5 Å². The van der Waals surface area contributed by atoms with Gasteiger partial charge in [0.1, 0.15) is 0 Å². The molecule has 0 aliphatic heterocycles. The molecule has 0 spiro atoms. The summed E-state index contributed by atoms with van der Waals surface area (Å²) >= 11 is 0. The van der Waals surface area contributed by atoms with Crippen molar-refractivity contribution >= 4 is 15.7 Å². The van der Waals surface area contributed by atoms with Crippen molar-refractivity contribution in [2.24, 2.45) is 0 Å². The number of hydrogen-bond donors (Lipinski definition) is 2. The van der Waals surface area contributed by atoms with Crippen LogP contribution in [0.5, 0.6) is 0 Å². The topological polar surface area (TPSA) is 124 Å². The number of nitrogens with one attached hydrogen (secondary N) is 1. The van der Waals surface area contributed by atoms with Gasteiger partial charge < -0.3 is 10.3 Å². The summed E-state index contributed by atoms with van der Waals surface area (Å²) in [5.74, 6) is 0.225. The van der Waals surface area contributed by atoms with Gasteiger partial charge in [-0.15, -0.1) is 0 Å². The van der Waals surface area contributed by atoms with Crippen molar-refractivity contribution in [3.63, 3.8) is 0 Å². The fraction of sp³-hybridized carbons (Fsp3) is 0.125. The van der Waals surface area contributed by atoms with E-state index in [0.29, 0.717) is 0 Å². The van der Waals surface area contributed by atoms with Crippen LogP contribution in [0.3, 0.4) is 0 Å². The van der Waals surface area contributed by atoms with Crippen molar-refractivity contribution in [2.75, 3.05) is 5.73 Å². The predicted molar refractivity (Wildman–Crippen MR) is 57.0 cm³/mol. The number of rotatable bonds is 4. The molecule has 0 amide bonds. The highest BCUT2D eigenvalue weighted by atomic mass is 32.2. The maximum Gasteiger partial charge on any atom is 0.260 e. The van der Waals surface area contributed by atoms with Crippen LogP contribution >= 0.6 is 0 Å². The molecule has 0 saturated heterocycles. The number of sulfonamides is 1. The Hall–Kier alpha value is -2.00. The van der Waals surface area contributed by atoms with Crippen molar-refractivity contribution in [3.05, 3.63) is 30.5 Å². The Kier molecular flexibility index (Phi) is 3.02. The average Bonchev–Trinajstić information content (AvgIpc) is 2.80. The Morgan fingerprint density at radius 2 is 2.24 bits per heavy atom. The van der Waals surface area contributed by atoms with Gasteiger partial charge in [0.15, 0.2) is 10.9 Å². The predicted octanol–water partition coefficient (Wildman–Crippen LogP) is -0.475. The van der Waals surface area contributed by atoms with E-state index in [1.165, 1.54) is 12.3 Å². The second-order valence-corrected chi connectivity index (χ2v) is 4.75. The lowest BCUT2D eigenvalue weighted by Gasteiger charge is -2.05. The van der Waals surface area contributed by atoms with Gasteiger partial charge in [-0.2, -0.15) is 4.98 Å². The third kappa shape index (κ3) is 2.57. The third-order valence-corrected chi connectivity index (χ3v) is 3.26. The van der Waals surface area contributed by atoms with Gasteiger partial charge in [-0.1, -0.05) is 5.16 Å². The molecule has 0 fully saturated rings. The van der Waals surface area contributed by atoms with E-state index < -0.39 is 10.0 Å². The Morgan fingerprint density at radius 3 is 2.88 bits per heavy atom. The Labute approximate surface area is 96.9 Å². The molecule has 0 unspecified atom stereocenters. The summed E-state index contributed by atoms with van der Waals surface area (Å²) in [6, 6.07) is 3.00. The first-order valence-electron chi connectivity index (χ1n) is 4.55. The molecule has 0 aliphatic rings. The van der Waals surface area contributed by atoms with Crippen LogP contribution in [0.25, 0.3) is 0 Å². The Balaban J connectivity index is 2.17.